The quantitative estimate of drug-likeness (QED) is 0.754. The van der Waals surface area contributed by atoms with E-state index in [0.29, 0.717) is 5.56 Å². The topological polar surface area (TPSA) is 17.8 Å². The minimum absolute atomic E-state index is 0.100. The molecule has 0 saturated carbocycles. The van der Waals surface area contributed by atoms with Gasteiger partial charge in [0, 0.05) is 12.1 Å². The molecule has 1 aromatic heterocycles. The Bertz CT molecular complexity index is 599. The van der Waals surface area contributed by atoms with Crippen LogP contribution in [-0.4, -0.2) is 9.78 Å². The van der Waals surface area contributed by atoms with Gasteiger partial charge in [-0.1, -0.05) is 12.1 Å². The van der Waals surface area contributed by atoms with Crippen molar-refractivity contribution in [2.45, 2.75) is 26.6 Å². The maximum atomic E-state index is 13.5. The summed E-state index contributed by atoms with van der Waals surface area (Å²) in [5.41, 5.74) is -0.387. The van der Waals surface area contributed by atoms with Crippen LogP contribution in [0.3, 0.4) is 0 Å². The first-order valence-corrected chi connectivity index (χ1v) is 5.74. The van der Waals surface area contributed by atoms with Crippen LogP contribution in [0.1, 0.15) is 18.2 Å². The van der Waals surface area contributed by atoms with Crippen LogP contribution in [0.4, 0.5) is 17.6 Å². The fourth-order valence-electron chi connectivity index (χ4n) is 1.90. The van der Waals surface area contributed by atoms with Crippen molar-refractivity contribution in [2.24, 2.45) is 0 Å². The normalized spacial score (nSPS) is 11.9. The van der Waals surface area contributed by atoms with Gasteiger partial charge in [-0.2, -0.15) is 18.3 Å². The van der Waals surface area contributed by atoms with E-state index in [1.54, 1.807) is 13.8 Å². The van der Waals surface area contributed by atoms with Crippen molar-refractivity contribution in [3.63, 3.8) is 0 Å². The smallest absolute Gasteiger partial charge is 0.260 e. The monoisotopic (exact) mass is 272 g/mol. The summed E-state index contributed by atoms with van der Waals surface area (Å²) in [6.45, 7) is 3.23. The molecule has 0 amide bonds. The minimum atomic E-state index is -4.52. The summed E-state index contributed by atoms with van der Waals surface area (Å²) in [6.07, 6.45) is -3.40. The van der Waals surface area contributed by atoms with E-state index in [-0.39, 0.29) is 17.7 Å². The van der Waals surface area contributed by atoms with Crippen LogP contribution in [0, 0.1) is 12.7 Å². The van der Waals surface area contributed by atoms with E-state index in [2.05, 4.69) is 5.10 Å². The Hall–Kier alpha value is -1.85. The second-order valence-corrected chi connectivity index (χ2v) is 4.18. The van der Waals surface area contributed by atoms with Crippen LogP contribution < -0.4 is 0 Å². The summed E-state index contributed by atoms with van der Waals surface area (Å²) in [5, 5.41) is 3.70. The van der Waals surface area contributed by atoms with Gasteiger partial charge in [-0.15, -0.1) is 0 Å². The lowest BCUT2D eigenvalue weighted by atomic mass is 10.0. The third-order valence-electron chi connectivity index (χ3n) is 2.89. The Morgan fingerprint density at radius 3 is 2.47 bits per heavy atom. The van der Waals surface area contributed by atoms with Gasteiger partial charge >= 0.3 is 6.18 Å². The SMILES string of the molecule is CCn1ncc(-c2ccc(C)c(F)c2)c1C(F)(F)F. The third-order valence-corrected chi connectivity index (χ3v) is 2.89. The van der Waals surface area contributed by atoms with E-state index >= 15 is 0 Å². The number of aromatic nitrogens is 2. The van der Waals surface area contributed by atoms with Crippen molar-refractivity contribution in [2.75, 3.05) is 0 Å². The van der Waals surface area contributed by atoms with Gasteiger partial charge in [0.25, 0.3) is 0 Å². The van der Waals surface area contributed by atoms with Crippen LogP contribution in [-0.2, 0) is 12.7 Å². The largest absolute Gasteiger partial charge is 0.433 e. The average molecular weight is 272 g/mol. The maximum absolute atomic E-state index is 13.5. The lowest BCUT2D eigenvalue weighted by molar-refractivity contribution is -0.143. The van der Waals surface area contributed by atoms with Crippen molar-refractivity contribution < 1.29 is 17.6 Å². The molecule has 0 radical (unpaired) electrons. The highest BCUT2D eigenvalue weighted by atomic mass is 19.4. The maximum Gasteiger partial charge on any atom is 0.433 e. The van der Waals surface area contributed by atoms with Gasteiger partial charge in [-0.05, 0) is 31.0 Å². The molecule has 1 heterocycles. The highest BCUT2D eigenvalue weighted by Gasteiger charge is 2.38. The summed E-state index contributed by atoms with van der Waals surface area (Å²) >= 11 is 0. The zero-order valence-electron chi connectivity index (χ0n) is 10.4. The second kappa shape index (κ2) is 4.68. The number of rotatable bonds is 2. The van der Waals surface area contributed by atoms with E-state index in [1.165, 1.54) is 12.1 Å². The molecule has 0 spiro atoms. The van der Waals surface area contributed by atoms with E-state index in [9.17, 15) is 17.6 Å². The molecule has 2 nitrogen and oxygen atoms in total. The Labute approximate surface area is 107 Å². The van der Waals surface area contributed by atoms with Crippen molar-refractivity contribution in [1.82, 2.24) is 9.78 Å². The molecule has 0 N–H and O–H groups in total. The molecular formula is C13H12F4N2. The lowest BCUT2D eigenvalue weighted by Crippen LogP contribution is -2.15. The number of halogens is 4. The Kier molecular flexibility index (Phi) is 3.34. The fourth-order valence-corrected chi connectivity index (χ4v) is 1.90. The highest BCUT2D eigenvalue weighted by Crippen LogP contribution is 2.37. The van der Waals surface area contributed by atoms with E-state index in [1.807, 2.05) is 0 Å². The van der Waals surface area contributed by atoms with Gasteiger partial charge in [0.2, 0.25) is 0 Å². The number of aryl methyl sites for hydroxylation is 2. The first-order chi connectivity index (χ1) is 8.84. The summed E-state index contributed by atoms with van der Waals surface area (Å²) in [7, 11) is 0. The van der Waals surface area contributed by atoms with Gasteiger partial charge < -0.3 is 0 Å². The molecule has 0 unspecified atom stereocenters. The van der Waals surface area contributed by atoms with Crippen LogP contribution in [0.15, 0.2) is 24.4 Å². The lowest BCUT2D eigenvalue weighted by Gasteiger charge is -2.11. The predicted molar refractivity (Wildman–Crippen MR) is 63.0 cm³/mol. The third kappa shape index (κ3) is 2.47. The van der Waals surface area contributed by atoms with Gasteiger partial charge in [0.1, 0.15) is 11.5 Å². The zero-order chi connectivity index (χ0) is 14.2. The van der Waals surface area contributed by atoms with Crippen LogP contribution in [0.25, 0.3) is 11.1 Å². The Balaban J connectivity index is 2.62. The van der Waals surface area contributed by atoms with Crippen molar-refractivity contribution in [3.05, 3.63) is 41.5 Å². The molecular weight excluding hydrogens is 260 g/mol. The summed E-state index contributed by atoms with van der Waals surface area (Å²) in [6, 6.07) is 4.01. The zero-order valence-corrected chi connectivity index (χ0v) is 10.4. The molecule has 2 rings (SSSR count). The summed E-state index contributed by atoms with van der Waals surface area (Å²) in [5.74, 6) is -0.533. The molecule has 2 aromatic rings. The molecule has 0 aliphatic rings. The Morgan fingerprint density at radius 2 is 1.95 bits per heavy atom. The van der Waals surface area contributed by atoms with Gasteiger partial charge in [-0.3, -0.25) is 4.68 Å². The molecule has 0 atom stereocenters. The molecule has 102 valence electrons. The number of nitrogens with zero attached hydrogens (tertiary/aromatic N) is 2. The predicted octanol–water partition coefficient (Wildman–Crippen LogP) is 4.04. The number of alkyl halides is 3. The number of hydrogen-bond donors (Lipinski definition) is 0. The molecule has 6 heteroatoms. The molecule has 0 aliphatic carbocycles. The molecule has 0 bridgehead atoms. The fraction of sp³-hybridized carbons (Fsp3) is 0.308. The van der Waals surface area contributed by atoms with E-state index in [4.69, 9.17) is 0 Å². The standard InChI is InChI=1S/C13H12F4N2/c1-3-19-12(13(15,16)17)10(7-18-19)9-5-4-8(2)11(14)6-9/h4-7H,3H2,1-2H3. The summed E-state index contributed by atoms with van der Waals surface area (Å²) < 4.78 is 53.5. The average Bonchev–Trinajstić information content (AvgIpc) is 2.76. The molecule has 1 aromatic carbocycles. The molecule has 0 fully saturated rings. The second-order valence-electron chi connectivity index (χ2n) is 4.18. The van der Waals surface area contributed by atoms with Crippen molar-refractivity contribution in [3.8, 4) is 11.1 Å². The van der Waals surface area contributed by atoms with Crippen molar-refractivity contribution in [1.29, 1.82) is 0 Å². The van der Waals surface area contributed by atoms with Gasteiger partial charge in [0.15, 0.2) is 0 Å². The molecule has 0 aliphatic heterocycles. The summed E-state index contributed by atoms with van der Waals surface area (Å²) in [4.78, 5) is 0. The van der Waals surface area contributed by atoms with Crippen molar-refractivity contribution >= 4 is 0 Å². The van der Waals surface area contributed by atoms with E-state index < -0.39 is 17.7 Å². The first kappa shape index (κ1) is 13.6. The molecule has 19 heavy (non-hydrogen) atoms. The van der Waals surface area contributed by atoms with Gasteiger partial charge in [-0.25, -0.2) is 4.39 Å². The van der Waals surface area contributed by atoms with Crippen LogP contribution >= 0.6 is 0 Å². The van der Waals surface area contributed by atoms with Crippen LogP contribution in [0.5, 0.6) is 0 Å². The minimum Gasteiger partial charge on any atom is -0.260 e. The number of benzene rings is 1. The molecule has 0 saturated heterocycles. The number of hydrogen-bond acceptors (Lipinski definition) is 1. The van der Waals surface area contributed by atoms with Crippen LogP contribution in [0.2, 0.25) is 0 Å². The first-order valence-electron chi connectivity index (χ1n) is 5.74. The van der Waals surface area contributed by atoms with E-state index in [0.717, 1.165) is 16.9 Å². The van der Waals surface area contributed by atoms with Gasteiger partial charge in [0.05, 0.1) is 6.20 Å². The highest BCUT2D eigenvalue weighted by molar-refractivity contribution is 5.66. The Morgan fingerprint density at radius 1 is 1.26 bits per heavy atom.